The molecule has 2 rings (SSSR count). The van der Waals surface area contributed by atoms with E-state index in [1.807, 2.05) is 31.2 Å². The number of hydrogen-bond acceptors (Lipinski definition) is 3. The van der Waals surface area contributed by atoms with E-state index < -0.39 is 5.41 Å². The largest absolute Gasteiger partial charge is 0.466 e. The van der Waals surface area contributed by atoms with Gasteiger partial charge in [0, 0.05) is 19.2 Å². The summed E-state index contributed by atoms with van der Waals surface area (Å²) in [5, 5.41) is 0. The van der Waals surface area contributed by atoms with Gasteiger partial charge in [-0.3, -0.25) is 9.59 Å². The van der Waals surface area contributed by atoms with Gasteiger partial charge in [-0.15, -0.1) is 0 Å². The van der Waals surface area contributed by atoms with Crippen LogP contribution in [0.25, 0.3) is 0 Å². The summed E-state index contributed by atoms with van der Waals surface area (Å²) in [4.78, 5) is 25.6. The molecule has 1 amide bonds. The number of fused-ring (bicyclic) bond motifs is 1. The van der Waals surface area contributed by atoms with Gasteiger partial charge in [0.25, 0.3) is 0 Å². The number of nitrogens with zero attached hydrogens (tertiary/aromatic N) is 1. The van der Waals surface area contributed by atoms with Crippen LogP contribution in [0.1, 0.15) is 32.3 Å². The minimum Gasteiger partial charge on any atom is -0.466 e. The molecule has 102 valence electrons. The smallest absolute Gasteiger partial charge is 0.305 e. The molecule has 0 spiro atoms. The van der Waals surface area contributed by atoms with Gasteiger partial charge in [0.05, 0.1) is 12.0 Å². The number of amides is 1. The lowest BCUT2D eigenvalue weighted by Gasteiger charge is -2.22. The zero-order valence-corrected chi connectivity index (χ0v) is 11.6. The summed E-state index contributed by atoms with van der Waals surface area (Å²) >= 11 is 0. The van der Waals surface area contributed by atoms with Crippen LogP contribution >= 0.6 is 0 Å². The molecule has 0 saturated heterocycles. The first-order valence-electron chi connectivity index (χ1n) is 6.54. The lowest BCUT2D eigenvalue weighted by Crippen LogP contribution is -2.36. The maximum absolute atomic E-state index is 12.4. The average molecular weight is 261 g/mol. The van der Waals surface area contributed by atoms with Gasteiger partial charge in [0.2, 0.25) is 5.91 Å². The van der Waals surface area contributed by atoms with Crippen molar-refractivity contribution in [3.05, 3.63) is 29.8 Å². The van der Waals surface area contributed by atoms with Gasteiger partial charge in [0.15, 0.2) is 0 Å². The number of carbonyl (C=O) groups excluding carboxylic acids is 2. The summed E-state index contributed by atoms with van der Waals surface area (Å²) in [7, 11) is 1.77. The fourth-order valence-electron chi connectivity index (χ4n) is 2.65. The zero-order valence-electron chi connectivity index (χ0n) is 11.6. The van der Waals surface area contributed by atoms with E-state index in [2.05, 4.69) is 0 Å². The predicted octanol–water partition coefficient (Wildman–Crippen LogP) is 2.26. The topological polar surface area (TPSA) is 46.6 Å². The SMILES string of the molecule is CCOC(=O)CC[C@]1(C)C(=O)N(C)c2ccccc21. The van der Waals surface area contributed by atoms with E-state index >= 15 is 0 Å². The van der Waals surface area contributed by atoms with Gasteiger partial charge < -0.3 is 9.64 Å². The molecule has 1 aromatic carbocycles. The van der Waals surface area contributed by atoms with Crippen molar-refractivity contribution >= 4 is 17.6 Å². The minimum atomic E-state index is -0.627. The Morgan fingerprint density at radius 1 is 1.37 bits per heavy atom. The summed E-state index contributed by atoms with van der Waals surface area (Å²) in [5.41, 5.74) is 1.30. The third kappa shape index (κ3) is 2.23. The molecule has 1 aromatic rings. The Labute approximate surface area is 113 Å². The van der Waals surface area contributed by atoms with Gasteiger partial charge in [0.1, 0.15) is 0 Å². The van der Waals surface area contributed by atoms with E-state index in [0.29, 0.717) is 13.0 Å². The highest BCUT2D eigenvalue weighted by Crippen LogP contribution is 2.43. The number of likely N-dealkylation sites (N-methyl/N-ethyl adjacent to an activating group) is 1. The highest BCUT2D eigenvalue weighted by molar-refractivity contribution is 6.07. The number of carbonyl (C=O) groups is 2. The van der Waals surface area contributed by atoms with Crippen LogP contribution in [-0.4, -0.2) is 25.5 Å². The van der Waals surface area contributed by atoms with Crippen molar-refractivity contribution in [2.75, 3.05) is 18.6 Å². The molecular weight excluding hydrogens is 242 g/mol. The van der Waals surface area contributed by atoms with Crippen LogP contribution in [0.2, 0.25) is 0 Å². The number of para-hydroxylation sites is 1. The monoisotopic (exact) mass is 261 g/mol. The van der Waals surface area contributed by atoms with Crippen molar-refractivity contribution in [2.24, 2.45) is 0 Å². The molecule has 0 saturated carbocycles. The van der Waals surface area contributed by atoms with Crippen LogP contribution in [0, 0.1) is 0 Å². The van der Waals surface area contributed by atoms with Crippen molar-refractivity contribution in [3.8, 4) is 0 Å². The van der Waals surface area contributed by atoms with Crippen molar-refractivity contribution in [3.63, 3.8) is 0 Å². The zero-order chi connectivity index (χ0) is 14.0. The molecule has 0 N–H and O–H groups in total. The molecule has 0 bridgehead atoms. The minimum absolute atomic E-state index is 0.0398. The Morgan fingerprint density at radius 3 is 2.74 bits per heavy atom. The van der Waals surface area contributed by atoms with Crippen LogP contribution in [0.4, 0.5) is 5.69 Å². The quantitative estimate of drug-likeness (QED) is 0.781. The van der Waals surface area contributed by atoms with E-state index in [1.165, 1.54) is 0 Å². The second-order valence-corrected chi connectivity index (χ2v) is 5.02. The molecule has 0 radical (unpaired) electrons. The summed E-state index contributed by atoms with van der Waals surface area (Å²) in [6, 6.07) is 7.73. The summed E-state index contributed by atoms with van der Waals surface area (Å²) in [6.45, 7) is 4.06. The maximum Gasteiger partial charge on any atom is 0.305 e. The predicted molar refractivity (Wildman–Crippen MR) is 73.1 cm³/mol. The van der Waals surface area contributed by atoms with E-state index in [0.717, 1.165) is 11.3 Å². The molecular formula is C15H19NO3. The average Bonchev–Trinajstić information content (AvgIpc) is 2.61. The van der Waals surface area contributed by atoms with Crippen LogP contribution in [0.15, 0.2) is 24.3 Å². The van der Waals surface area contributed by atoms with E-state index in [4.69, 9.17) is 4.74 Å². The standard InChI is InChI=1S/C15H19NO3/c1-4-19-13(17)9-10-15(2)11-7-5-6-8-12(11)16(3)14(15)18/h5-8H,4,9-10H2,1-3H3/t15-/m0/s1. The second-order valence-electron chi connectivity index (χ2n) is 5.02. The lowest BCUT2D eigenvalue weighted by atomic mass is 9.79. The second kappa shape index (κ2) is 5.03. The van der Waals surface area contributed by atoms with Crippen molar-refractivity contribution in [1.82, 2.24) is 0 Å². The molecule has 1 heterocycles. The highest BCUT2D eigenvalue weighted by Gasteiger charge is 2.45. The molecule has 0 fully saturated rings. The van der Waals surface area contributed by atoms with Gasteiger partial charge in [-0.2, -0.15) is 0 Å². The number of benzene rings is 1. The fourth-order valence-corrected chi connectivity index (χ4v) is 2.65. The van der Waals surface area contributed by atoms with Crippen LogP contribution in [0.3, 0.4) is 0 Å². The first-order chi connectivity index (χ1) is 9.00. The summed E-state index contributed by atoms with van der Waals surface area (Å²) in [6.07, 6.45) is 0.740. The van der Waals surface area contributed by atoms with Crippen LogP contribution in [-0.2, 0) is 19.7 Å². The first-order valence-corrected chi connectivity index (χ1v) is 6.54. The molecule has 0 unspecified atom stereocenters. The first kappa shape index (κ1) is 13.6. The number of esters is 1. The Balaban J connectivity index is 2.23. The van der Waals surface area contributed by atoms with Crippen molar-refractivity contribution in [1.29, 1.82) is 0 Å². The van der Waals surface area contributed by atoms with Gasteiger partial charge in [-0.25, -0.2) is 0 Å². The molecule has 1 aliphatic rings. The fraction of sp³-hybridized carbons (Fsp3) is 0.467. The van der Waals surface area contributed by atoms with Crippen LogP contribution in [0.5, 0.6) is 0 Å². The van der Waals surface area contributed by atoms with Crippen LogP contribution < -0.4 is 4.90 Å². The third-order valence-corrected chi connectivity index (χ3v) is 3.77. The Morgan fingerprint density at radius 2 is 2.05 bits per heavy atom. The molecule has 19 heavy (non-hydrogen) atoms. The number of ether oxygens (including phenoxy) is 1. The lowest BCUT2D eigenvalue weighted by molar-refractivity contribution is -0.143. The number of hydrogen-bond donors (Lipinski definition) is 0. The molecule has 1 atom stereocenters. The molecule has 4 nitrogen and oxygen atoms in total. The Kier molecular flexibility index (Phi) is 3.60. The molecule has 1 aliphatic heterocycles. The third-order valence-electron chi connectivity index (χ3n) is 3.77. The van der Waals surface area contributed by atoms with Crippen molar-refractivity contribution in [2.45, 2.75) is 32.1 Å². The molecule has 4 heteroatoms. The highest BCUT2D eigenvalue weighted by atomic mass is 16.5. The Bertz CT molecular complexity index is 512. The van der Waals surface area contributed by atoms with Gasteiger partial charge in [-0.05, 0) is 31.9 Å². The molecule has 0 aliphatic carbocycles. The molecule has 0 aromatic heterocycles. The number of rotatable bonds is 4. The van der Waals surface area contributed by atoms with E-state index in [1.54, 1.807) is 18.9 Å². The van der Waals surface area contributed by atoms with E-state index in [9.17, 15) is 9.59 Å². The number of anilines is 1. The summed E-state index contributed by atoms with van der Waals surface area (Å²) in [5.74, 6) is -0.207. The van der Waals surface area contributed by atoms with Crippen molar-refractivity contribution < 1.29 is 14.3 Å². The van der Waals surface area contributed by atoms with Gasteiger partial charge >= 0.3 is 5.97 Å². The maximum atomic E-state index is 12.4. The Hall–Kier alpha value is -1.84. The van der Waals surface area contributed by atoms with E-state index in [-0.39, 0.29) is 18.3 Å². The normalized spacial score (nSPS) is 21.4. The van der Waals surface area contributed by atoms with Gasteiger partial charge in [-0.1, -0.05) is 18.2 Å². The summed E-state index contributed by atoms with van der Waals surface area (Å²) < 4.78 is 4.93.